The summed E-state index contributed by atoms with van der Waals surface area (Å²) >= 11 is 0. The first-order valence-corrected chi connectivity index (χ1v) is 13.1. The van der Waals surface area contributed by atoms with E-state index < -0.39 is 0 Å². The highest BCUT2D eigenvalue weighted by atomic mass is 16.5. The molecule has 3 heterocycles. The molecule has 2 saturated heterocycles. The van der Waals surface area contributed by atoms with Gasteiger partial charge in [-0.15, -0.1) is 0 Å². The minimum atomic E-state index is -0.276. The molecule has 2 aliphatic rings. The molecule has 3 aromatic rings. The van der Waals surface area contributed by atoms with Crippen LogP contribution in [-0.4, -0.2) is 66.6 Å². The van der Waals surface area contributed by atoms with Crippen LogP contribution in [0.3, 0.4) is 0 Å². The fourth-order valence-corrected chi connectivity index (χ4v) is 5.64. The number of hydrogen-bond acceptors (Lipinski definition) is 4. The molecule has 184 valence electrons. The molecule has 2 fully saturated rings. The molecule has 35 heavy (non-hydrogen) atoms. The van der Waals surface area contributed by atoms with Crippen LogP contribution in [0.1, 0.15) is 30.9 Å². The van der Waals surface area contributed by atoms with Crippen molar-refractivity contribution in [3.63, 3.8) is 0 Å². The summed E-state index contributed by atoms with van der Waals surface area (Å²) in [4.78, 5) is 22.9. The largest absolute Gasteiger partial charge is 0.379 e. The lowest BCUT2D eigenvalue weighted by Gasteiger charge is -2.41. The Morgan fingerprint density at radius 2 is 1.86 bits per heavy atom. The molecule has 2 aliphatic heterocycles. The number of rotatable bonds is 6. The number of carbonyl (C=O) groups excluding carboxylic acids is 1. The summed E-state index contributed by atoms with van der Waals surface area (Å²) in [5.74, 6) is 0.608. The van der Waals surface area contributed by atoms with Crippen molar-refractivity contribution in [2.24, 2.45) is 11.3 Å². The molecule has 1 aromatic heterocycles. The molecule has 0 radical (unpaired) electrons. The van der Waals surface area contributed by atoms with Gasteiger partial charge in [0.1, 0.15) is 0 Å². The Bertz CT molecular complexity index is 1120. The molecule has 0 unspecified atom stereocenters. The molecule has 0 saturated carbocycles. The van der Waals surface area contributed by atoms with Crippen LogP contribution in [0.15, 0.2) is 66.9 Å². The van der Waals surface area contributed by atoms with E-state index in [1.807, 2.05) is 12.3 Å². The van der Waals surface area contributed by atoms with E-state index >= 15 is 0 Å². The summed E-state index contributed by atoms with van der Waals surface area (Å²) in [6, 6.07) is 21.2. The van der Waals surface area contributed by atoms with Crippen LogP contribution in [-0.2, 0) is 22.4 Å². The number of ether oxygens (including phenoxy) is 1. The van der Waals surface area contributed by atoms with E-state index in [0.29, 0.717) is 31.6 Å². The molecular formula is C30H37N3O2. The number of carbonyl (C=O) groups is 1. The predicted molar refractivity (Wildman–Crippen MR) is 140 cm³/mol. The molecule has 1 amide bonds. The van der Waals surface area contributed by atoms with Gasteiger partial charge in [0, 0.05) is 42.6 Å². The second-order valence-electron chi connectivity index (χ2n) is 10.5. The van der Waals surface area contributed by atoms with E-state index in [2.05, 4.69) is 76.3 Å². The minimum absolute atomic E-state index is 0.276. The maximum Gasteiger partial charge on any atom is 0.228 e. The number of aromatic nitrogens is 1. The minimum Gasteiger partial charge on any atom is -0.379 e. The Balaban J connectivity index is 1.19. The summed E-state index contributed by atoms with van der Waals surface area (Å²) in [5.41, 5.74) is 3.42. The number of amides is 1. The zero-order valence-corrected chi connectivity index (χ0v) is 20.9. The van der Waals surface area contributed by atoms with Crippen LogP contribution in [0.5, 0.6) is 0 Å². The number of likely N-dealkylation sites (tertiary alicyclic amines) is 1. The highest BCUT2D eigenvalue weighted by Crippen LogP contribution is 2.34. The monoisotopic (exact) mass is 471 g/mol. The first-order valence-electron chi connectivity index (χ1n) is 13.1. The summed E-state index contributed by atoms with van der Waals surface area (Å²) in [7, 11) is 0. The number of benzene rings is 2. The second-order valence-corrected chi connectivity index (χ2v) is 10.5. The molecular weight excluding hydrogens is 434 g/mol. The number of piperidine rings is 1. The van der Waals surface area contributed by atoms with E-state index in [0.717, 1.165) is 57.4 Å². The van der Waals surface area contributed by atoms with Crippen molar-refractivity contribution < 1.29 is 9.53 Å². The average molecular weight is 472 g/mol. The van der Waals surface area contributed by atoms with Gasteiger partial charge in [0.15, 0.2) is 0 Å². The topological polar surface area (TPSA) is 45.7 Å². The van der Waals surface area contributed by atoms with Crippen molar-refractivity contribution in [3.05, 3.63) is 78.0 Å². The molecule has 2 aromatic carbocycles. The molecule has 5 rings (SSSR count). The van der Waals surface area contributed by atoms with Crippen molar-refractivity contribution >= 4 is 16.8 Å². The van der Waals surface area contributed by atoms with Gasteiger partial charge in [-0.25, -0.2) is 0 Å². The Labute approximate surface area is 209 Å². The van der Waals surface area contributed by atoms with Crippen LogP contribution in [0.25, 0.3) is 10.9 Å². The van der Waals surface area contributed by atoms with Crippen molar-refractivity contribution in [2.45, 2.75) is 32.6 Å². The van der Waals surface area contributed by atoms with E-state index in [1.165, 1.54) is 16.5 Å². The van der Waals surface area contributed by atoms with E-state index in [9.17, 15) is 4.79 Å². The van der Waals surface area contributed by atoms with Crippen molar-refractivity contribution in [3.8, 4) is 0 Å². The highest BCUT2D eigenvalue weighted by Gasteiger charge is 2.40. The molecule has 0 N–H and O–H groups in total. The SMILES string of the molecule is CC1(C(=O)N2CCOC[C@H](Cc3cccc4ncccc34)C2)CCN(CCc2ccccc2)CC1. The third-order valence-electron chi connectivity index (χ3n) is 7.90. The van der Waals surface area contributed by atoms with Gasteiger partial charge in [-0.3, -0.25) is 9.78 Å². The first kappa shape index (κ1) is 24.0. The van der Waals surface area contributed by atoms with Crippen molar-refractivity contribution in [1.82, 2.24) is 14.8 Å². The fraction of sp³-hybridized carbons (Fsp3) is 0.467. The molecule has 5 heteroatoms. The molecule has 0 aliphatic carbocycles. The average Bonchev–Trinajstić information content (AvgIpc) is 3.14. The molecule has 1 atom stereocenters. The zero-order chi connectivity index (χ0) is 24.1. The van der Waals surface area contributed by atoms with Gasteiger partial charge in [0.05, 0.1) is 18.7 Å². The lowest BCUT2D eigenvalue weighted by atomic mass is 9.78. The van der Waals surface area contributed by atoms with E-state index in [-0.39, 0.29) is 5.41 Å². The maximum absolute atomic E-state index is 13.8. The van der Waals surface area contributed by atoms with Gasteiger partial charge in [-0.1, -0.05) is 55.5 Å². The standard InChI is InChI=1S/C30H37N3O2/c1-30(13-17-32(18-14-30)16-12-24-7-3-2-4-8-24)29(34)33-19-20-35-23-25(22-33)21-26-9-5-11-28-27(26)10-6-15-31-28/h2-11,15,25H,12-14,16-23H2,1H3/t25-/m1/s1. The van der Waals surface area contributed by atoms with Crippen LogP contribution in [0, 0.1) is 11.3 Å². The smallest absolute Gasteiger partial charge is 0.228 e. The Hall–Kier alpha value is -2.76. The van der Waals surface area contributed by atoms with Crippen molar-refractivity contribution in [2.75, 3.05) is 45.9 Å². The first-order chi connectivity index (χ1) is 17.1. The van der Waals surface area contributed by atoms with Gasteiger partial charge < -0.3 is 14.5 Å². The summed E-state index contributed by atoms with van der Waals surface area (Å²) in [5, 5.41) is 1.20. The predicted octanol–water partition coefficient (Wildman–Crippen LogP) is 4.60. The fourth-order valence-electron chi connectivity index (χ4n) is 5.64. The summed E-state index contributed by atoms with van der Waals surface area (Å²) in [6.45, 7) is 8.01. The highest BCUT2D eigenvalue weighted by molar-refractivity contribution is 5.83. The number of hydrogen-bond donors (Lipinski definition) is 0. The van der Waals surface area contributed by atoms with Crippen LogP contribution < -0.4 is 0 Å². The third kappa shape index (κ3) is 5.74. The van der Waals surface area contributed by atoms with Gasteiger partial charge in [0.25, 0.3) is 0 Å². The molecule has 0 bridgehead atoms. The van der Waals surface area contributed by atoms with Gasteiger partial charge in [-0.05, 0) is 62.0 Å². The van der Waals surface area contributed by atoms with E-state index in [1.54, 1.807) is 0 Å². The van der Waals surface area contributed by atoms with E-state index in [4.69, 9.17) is 4.74 Å². The molecule has 5 nitrogen and oxygen atoms in total. The summed E-state index contributed by atoms with van der Waals surface area (Å²) < 4.78 is 5.97. The van der Waals surface area contributed by atoms with Crippen LogP contribution in [0.4, 0.5) is 0 Å². The zero-order valence-electron chi connectivity index (χ0n) is 20.9. The van der Waals surface area contributed by atoms with Gasteiger partial charge in [-0.2, -0.15) is 0 Å². The number of fused-ring (bicyclic) bond motifs is 1. The summed E-state index contributed by atoms with van der Waals surface area (Å²) in [6.07, 6.45) is 5.67. The Kier molecular flexibility index (Phi) is 7.45. The second kappa shape index (κ2) is 10.9. The van der Waals surface area contributed by atoms with Crippen LogP contribution >= 0.6 is 0 Å². The lowest BCUT2D eigenvalue weighted by molar-refractivity contribution is -0.144. The Morgan fingerprint density at radius 1 is 1.03 bits per heavy atom. The normalized spacial score (nSPS) is 21.1. The van der Waals surface area contributed by atoms with Gasteiger partial charge in [0.2, 0.25) is 5.91 Å². The number of nitrogens with zero attached hydrogens (tertiary/aromatic N) is 3. The van der Waals surface area contributed by atoms with Gasteiger partial charge >= 0.3 is 0 Å². The third-order valence-corrected chi connectivity index (χ3v) is 7.90. The maximum atomic E-state index is 13.8. The Morgan fingerprint density at radius 3 is 2.69 bits per heavy atom. The quantitative estimate of drug-likeness (QED) is 0.527. The van der Waals surface area contributed by atoms with Crippen LogP contribution in [0.2, 0.25) is 0 Å². The van der Waals surface area contributed by atoms with Crippen molar-refractivity contribution in [1.29, 1.82) is 0 Å². The molecule has 0 spiro atoms. The lowest BCUT2D eigenvalue weighted by Crippen LogP contribution is -2.50. The number of pyridine rings is 1.